The fourth-order valence-electron chi connectivity index (χ4n) is 3.37. The van der Waals surface area contributed by atoms with E-state index in [0.717, 1.165) is 34.8 Å². The molecule has 2 aromatic rings. The molecule has 0 bridgehead atoms. The number of nitrogens with zero attached hydrogens (tertiary/aromatic N) is 1. The van der Waals surface area contributed by atoms with E-state index in [1.807, 2.05) is 36.4 Å². The Balaban J connectivity index is 1.57. The number of carbonyl (C=O) groups excluding carboxylic acids is 1. The highest BCUT2D eigenvalue weighted by atomic mass is 16.2. The number of anilines is 1. The minimum absolute atomic E-state index is 0.185. The molecule has 1 aromatic heterocycles. The number of aromatic nitrogens is 1. The zero-order chi connectivity index (χ0) is 14.4. The van der Waals surface area contributed by atoms with Crippen LogP contribution in [0.25, 0.3) is 11.3 Å². The van der Waals surface area contributed by atoms with Crippen LogP contribution in [0.1, 0.15) is 18.4 Å². The Morgan fingerprint density at radius 3 is 2.81 bits per heavy atom. The van der Waals surface area contributed by atoms with Crippen LogP contribution < -0.4 is 5.32 Å². The molecule has 2 fully saturated rings. The second-order valence-electron chi connectivity index (χ2n) is 6.24. The highest BCUT2D eigenvalue weighted by molar-refractivity contribution is 5.94. The Bertz CT molecular complexity index is 696. The van der Waals surface area contributed by atoms with Crippen LogP contribution in [0.15, 0.2) is 42.6 Å². The summed E-state index contributed by atoms with van der Waals surface area (Å²) < 4.78 is 0. The molecule has 4 rings (SSSR count). The number of nitrogens with one attached hydrogen (secondary N) is 1. The number of benzene rings is 1. The van der Waals surface area contributed by atoms with Gasteiger partial charge in [0.25, 0.3) is 0 Å². The van der Waals surface area contributed by atoms with E-state index in [4.69, 9.17) is 0 Å². The number of pyridine rings is 1. The molecule has 1 N–H and O–H groups in total. The van der Waals surface area contributed by atoms with Crippen molar-refractivity contribution in [2.45, 2.75) is 19.8 Å². The van der Waals surface area contributed by atoms with E-state index in [1.54, 1.807) is 6.20 Å². The van der Waals surface area contributed by atoms with Crippen LogP contribution in [0.5, 0.6) is 0 Å². The van der Waals surface area contributed by atoms with Gasteiger partial charge in [0.15, 0.2) is 0 Å². The SMILES string of the molecule is Cc1ccc(NC(=O)[C@H]2C[C@@H]3C[C@@H]32)cc1-c1ccccn1. The first-order chi connectivity index (χ1) is 10.2. The van der Waals surface area contributed by atoms with Crippen molar-refractivity contribution in [3.8, 4) is 11.3 Å². The molecule has 1 heterocycles. The molecule has 2 aliphatic carbocycles. The molecule has 106 valence electrons. The van der Waals surface area contributed by atoms with Crippen molar-refractivity contribution < 1.29 is 4.79 Å². The van der Waals surface area contributed by atoms with E-state index in [9.17, 15) is 4.79 Å². The summed E-state index contributed by atoms with van der Waals surface area (Å²) in [4.78, 5) is 16.6. The van der Waals surface area contributed by atoms with E-state index in [2.05, 4.69) is 17.2 Å². The van der Waals surface area contributed by atoms with Crippen molar-refractivity contribution in [2.24, 2.45) is 17.8 Å². The summed E-state index contributed by atoms with van der Waals surface area (Å²) in [7, 11) is 0. The quantitative estimate of drug-likeness (QED) is 0.931. The zero-order valence-corrected chi connectivity index (χ0v) is 12.0. The van der Waals surface area contributed by atoms with Crippen LogP contribution in [0, 0.1) is 24.7 Å². The lowest BCUT2D eigenvalue weighted by atomic mass is 9.84. The average molecular weight is 278 g/mol. The number of hydrogen-bond donors (Lipinski definition) is 1. The summed E-state index contributed by atoms with van der Waals surface area (Å²) in [5, 5.41) is 3.07. The van der Waals surface area contributed by atoms with Gasteiger partial charge in [0.2, 0.25) is 5.91 Å². The van der Waals surface area contributed by atoms with Gasteiger partial charge in [-0.05, 0) is 61.4 Å². The molecule has 0 saturated heterocycles. The Labute approximate surface area is 124 Å². The second-order valence-corrected chi connectivity index (χ2v) is 6.24. The maximum Gasteiger partial charge on any atom is 0.227 e. The summed E-state index contributed by atoms with van der Waals surface area (Å²) in [5.41, 5.74) is 4.05. The molecule has 0 radical (unpaired) electrons. The molecule has 2 saturated carbocycles. The number of fused-ring (bicyclic) bond motifs is 1. The number of carbonyl (C=O) groups is 1. The lowest BCUT2D eigenvalue weighted by Crippen LogP contribution is -2.30. The summed E-state index contributed by atoms with van der Waals surface area (Å²) >= 11 is 0. The molecule has 0 unspecified atom stereocenters. The first-order valence-corrected chi connectivity index (χ1v) is 7.55. The summed E-state index contributed by atoms with van der Waals surface area (Å²) in [6.45, 7) is 2.07. The Morgan fingerprint density at radius 2 is 2.14 bits per heavy atom. The summed E-state index contributed by atoms with van der Waals surface area (Å²) in [5.74, 6) is 1.95. The number of rotatable bonds is 3. The Morgan fingerprint density at radius 1 is 1.24 bits per heavy atom. The van der Waals surface area contributed by atoms with E-state index in [1.165, 1.54) is 6.42 Å². The van der Waals surface area contributed by atoms with Gasteiger partial charge in [-0.2, -0.15) is 0 Å². The average Bonchev–Trinajstić information content (AvgIpc) is 3.11. The van der Waals surface area contributed by atoms with Gasteiger partial charge in [0, 0.05) is 23.4 Å². The molecular weight excluding hydrogens is 260 g/mol. The number of aryl methyl sites for hydroxylation is 1. The van der Waals surface area contributed by atoms with E-state index in [-0.39, 0.29) is 11.8 Å². The molecule has 2 aliphatic rings. The topological polar surface area (TPSA) is 42.0 Å². The van der Waals surface area contributed by atoms with E-state index in [0.29, 0.717) is 5.92 Å². The monoisotopic (exact) mass is 278 g/mol. The molecule has 21 heavy (non-hydrogen) atoms. The van der Waals surface area contributed by atoms with Crippen molar-refractivity contribution in [2.75, 3.05) is 5.32 Å². The zero-order valence-electron chi connectivity index (χ0n) is 12.0. The van der Waals surface area contributed by atoms with E-state index >= 15 is 0 Å². The molecule has 1 amide bonds. The van der Waals surface area contributed by atoms with Gasteiger partial charge in [0.05, 0.1) is 5.69 Å². The van der Waals surface area contributed by atoms with Crippen LogP contribution in [0.3, 0.4) is 0 Å². The lowest BCUT2D eigenvalue weighted by molar-refractivity contribution is -0.122. The van der Waals surface area contributed by atoms with Crippen LogP contribution >= 0.6 is 0 Å². The maximum absolute atomic E-state index is 12.2. The molecule has 3 atom stereocenters. The number of amides is 1. The van der Waals surface area contributed by atoms with Gasteiger partial charge in [-0.25, -0.2) is 0 Å². The molecular formula is C18H18N2O. The van der Waals surface area contributed by atoms with Crippen LogP contribution in [-0.2, 0) is 4.79 Å². The van der Waals surface area contributed by atoms with Gasteiger partial charge in [-0.1, -0.05) is 12.1 Å². The molecule has 1 aromatic carbocycles. The van der Waals surface area contributed by atoms with Crippen LogP contribution in [-0.4, -0.2) is 10.9 Å². The van der Waals surface area contributed by atoms with Gasteiger partial charge >= 0.3 is 0 Å². The van der Waals surface area contributed by atoms with Gasteiger partial charge in [-0.15, -0.1) is 0 Å². The molecule has 0 spiro atoms. The smallest absolute Gasteiger partial charge is 0.227 e. The third kappa shape index (κ3) is 2.23. The molecule has 3 heteroatoms. The fourth-order valence-corrected chi connectivity index (χ4v) is 3.37. The van der Waals surface area contributed by atoms with Gasteiger partial charge in [0.1, 0.15) is 0 Å². The van der Waals surface area contributed by atoms with Crippen LogP contribution in [0.4, 0.5) is 5.69 Å². The molecule has 0 aliphatic heterocycles. The van der Waals surface area contributed by atoms with Crippen molar-refractivity contribution in [3.63, 3.8) is 0 Å². The predicted molar refractivity (Wildman–Crippen MR) is 82.7 cm³/mol. The minimum atomic E-state index is 0.185. The first kappa shape index (κ1) is 12.6. The maximum atomic E-state index is 12.2. The molecule has 3 nitrogen and oxygen atoms in total. The summed E-state index contributed by atoms with van der Waals surface area (Å²) in [6.07, 6.45) is 4.13. The predicted octanol–water partition coefficient (Wildman–Crippen LogP) is 3.65. The largest absolute Gasteiger partial charge is 0.326 e. The van der Waals surface area contributed by atoms with Gasteiger partial charge in [-0.3, -0.25) is 9.78 Å². The Kier molecular flexibility index (Phi) is 2.81. The van der Waals surface area contributed by atoms with Crippen molar-refractivity contribution in [3.05, 3.63) is 48.2 Å². The van der Waals surface area contributed by atoms with Crippen molar-refractivity contribution in [1.82, 2.24) is 4.98 Å². The highest BCUT2D eigenvalue weighted by Crippen LogP contribution is 2.59. The van der Waals surface area contributed by atoms with Crippen molar-refractivity contribution in [1.29, 1.82) is 0 Å². The second kappa shape index (κ2) is 4.69. The number of hydrogen-bond acceptors (Lipinski definition) is 2. The normalized spacial score (nSPS) is 25.7. The third-order valence-electron chi connectivity index (χ3n) is 4.83. The third-order valence-corrected chi connectivity index (χ3v) is 4.83. The standard InChI is InChI=1S/C18H18N2O/c1-11-5-6-13(10-14(11)17-4-2-3-7-19-17)20-18(21)16-9-12-8-15(12)16/h2-7,10,12,15-16H,8-9H2,1H3,(H,20,21)/t12-,15-,16-/m0/s1. The van der Waals surface area contributed by atoms with E-state index < -0.39 is 0 Å². The fraction of sp³-hybridized carbons (Fsp3) is 0.333. The first-order valence-electron chi connectivity index (χ1n) is 7.55. The van der Waals surface area contributed by atoms with Gasteiger partial charge < -0.3 is 5.32 Å². The lowest BCUT2D eigenvalue weighted by Gasteiger charge is -2.23. The van der Waals surface area contributed by atoms with Crippen LogP contribution in [0.2, 0.25) is 0 Å². The Hall–Kier alpha value is -2.16. The minimum Gasteiger partial charge on any atom is -0.326 e. The summed E-state index contributed by atoms with van der Waals surface area (Å²) in [6, 6.07) is 11.9. The van der Waals surface area contributed by atoms with Crippen molar-refractivity contribution >= 4 is 11.6 Å². The highest BCUT2D eigenvalue weighted by Gasteiger charge is 2.56.